The van der Waals surface area contributed by atoms with Gasteiger partial charge >= 0.3 is 0 Å². The van der Waals surface area contributed by atoms with Gasteiger partial charge in [0.25, 0.3) is 5.92 Å². The summed E-state index contributed by atoms with van der Waals surface area (Å²) in [6.45, 7) is 0. The predicted octanol–water partition coefficient (Wildman–Crippen LogP) is 4.03. The maximum Gasteiger partial charge on any atom is 0.273 e. The van der Waals surface area contributed by atoms with E-state index >= 15 is 0 Å². The van der Waals surface area contributed by atoms with Crippen LogP contribution in [0.25, 0.3) is 0 Å². The Morgan fingerprint density at radius 1 is 1.23 bits per heavy atom. The fourth-order valence-electron chi connectivity index (χ4n) is 1.60. The Bertz CT molecular complexity index is 361. The topological polar surface area (TPSA) is 0 Å². The number of hydrogen-bond acceptors (Lipinski definition) is 0. The Labute approximate surface area is 84.5 Å². The van der Waals surface area contributed by atoms with Crippen molar-refractivity contribution in [3.05, 3.63) is 33.3 Å². The van der Waals surface area contributed by atoms with Crippen LogP contribution in [0, 0.1) is 0 Å². The number of fused-ring (bicyclic) bond motifs is 1. The summed E-state index contributed by atoms with van der Waals surface area (Å²) in [5.74, 6) is -2.76. The molecule has 0 atom stereocenters. The molecule has 0 bridgehead atoms. The van der Waals surface area contributed by atoms with E-state index in [0.717, 1.165) is 0 Å². The van der Waals surface area contributed by atoms with Crippen LogP contribution in [0.3, 0.4) is 0 Å². The van der Waals surface area contributed by atoms with E-state index in [1.165, 1.54) is 12.1 Å². The summed E-state index contributed by atoms with van der Waals surface area (Å²) in [5, 5.41) is 0.616. The van der Waals surface area contributed by atoms with E-state index in [9.17, 15) is 8.78 Å². The number of hydrogen-bond donors (Lipinski definition) is 0. The minimum atomic E-state index is -2.76. The van der Waals surface area contributed by atoms with E-state index < -0.39 is 5.92 Å². The maximum atomic E-state index is 13.2. The van der Waals surface area contributed by atoms with Gasteiger partial charge < -0.3 is 0 Å². The number of alkyl halides is 2. The zero-order chi connectivity index (χ0) is 9.64. The molecule has 0 unspecified atom stereocenters. The predicted molar refractivity (Wildman–Crippen MR) is 48.7 cm³/mol. The number of halogens is 4. The van der Waals surface area contributed by atoms with Gasteiger partial charge in [0.1, 0.15) is 0 Å². The molecule has 0 nitrogen and oxygen atoms in total. The summed E-state index contributed by atoms with van der Waals surface area (Å²) in [7, 11) is 0. The van der Waals surface area contributed by atoms with Crippen molar-refractivity contribution in [3.63, 3.8) is 0 Å². The van der Waals surface area contributed by atoms with Crippen LogP contribution in [0.2, 0.25) is 10.0 Å². The van der Waals surface area contributed by atoms with Gasteiger partial charge in [0.05, 0.1) is 0 Å². The van der Waals surface area contributed by atoms with Crippen molar-refractivity contribution in [3.8, 4) is 0 Å². The molecule has 1 aliphatic rings. The summed E-state index contributed by atoms with van der Waals surface area (Å²) in [6.07, 6.45) is 0.167. The normalized spacial score (nSPS) is 18.8. The second kappa shape index (κ2) is 2.82. The molecule has 1 aromatic rings. The molecule has 70 valence electrons. The van der Waals surface area contributed by atoms with Gasteiger partial charge in [-0.1, -0.05) is 23.2 Å². The molecule has 0 spiro atoms. The molecular weight excluding hydrogens is 217 g/mol. The first-order valence-electron chi connectivity index (χ1n) is 3.87. The Kier molecular flexibility index (Phi) is 2.00. The van der Waals surface area contributed by atoms with E-state index in [2.05, 4.69) is 0 Å². The highest BCUT2D eigenvalue weighted by Crippen LogP contribution is 2.45. The van der Waals surface area contributed by atoms with Crippen molar-refractivity contribution in [2.75, 3.05) is 0 Å². The average molecular weight is 223 g/mol. The molecule has 0 heterocycles. The Morgan fingerprint density at radius 2 is 1.92 bits per heavy atom. The molecule has 0 radical (unpaired) electrons. The van der Waals surface area contributed by atoms with E-state index in [4.69, 9.17) is 23.2 Å². The van der Waals surface area contributed by atoms with Crippen LogP contribution >= 0.6 is 23.2 Å². The molecule has 1 aromatic carbocycles. The first-order chi connectivity index (χ1) is 6.00. The van der Waals surface area contributed by atoms with Gasteiger partial charge in [0.15, 0.2) is 0 Å². The highest BCUT2D eigenvalue weighted by molar-refractivity contribution is 6.35. The van der Waals surface area contributed by atoms with Crippen molar-refractivity contribution in [2.24, 2.45) is 0 Å². The molecule has 0 N–H and O–H groups in total. The van der Waals surface area contributed by atoms with Gasteiger partial charge in [-0.05, 0) is 24.1 Å². The lowest BCUT2D eigenvalue weighted by Gasteiger charge is -2.10. The highest BCUT2D eigenvalue weighted by Gasteiger charge is 2.40. The largest absolute Gasteiger partial charge is 0.273 e. The molecule has 2 rings (SSSR count). The summed E-state index contributed by atoms with van der Waals surface area (Å²) in [5.41, 5.74) is 0.529. The quantitative estimate of drug-likeness (QED) is 0.622. The minimum Gasteiger partial charge on any atom is -0.201 e. The van der Waals surface area contributed by atoms with Gasteiger partial charge in [0, 0.05) is 22.0 Å². The van der Waals surface area contributed by atoms with Gasteiger partial charge in [-0.3, -0.25) is 0 Å². The minimum absolute atomic E-state index is 0.00926. The van der Waals surface area contributed by atoms with Crippen molar-refractivity contribution in [1.29, 1.82) is 0 Å². The van der Waals surface area contributed by atoms with E-state index in [1.807, 2.05) is 0 Å². The Hall–Kier alpha value is -0.340. The van der Waals surface area contributed by atoms with E-state index in [1.54, 1.807) is 0 Å². The van der Waals surface area contributed by atoms with Crippen LogP contribution in [-0.4, -0.2) is 0 Å². The molecule has 0 aliphatic heterocycles. The van der Waals surface area contributed by atoms with E-state index in [-0.39, 0.29) is 17.0 Å². The lowest BCUT2D eigenvalue weighted by atomic mass is 10.1. The fourth-order valence-corrected chi connectivity index (χ4v) is 2.19. The van der Waals surface area contributed by atoms with Gasteiger partial charge in [-0.2, -0.15) is 0 Å². The lowest BCUT2D eigenvalue weighted by Crippen LogP contribution is -2.07. The van der Waals surface area contributed by atoms with Gasteiger partial charge in [0.2, 0.25) is 0 Å². The molecular formula is C9H6Cl2F2. The molecule has 4 heteroatoms. The van der Waals surface area contributed by atoms with Crippen molar-refractivity contribution < 1.29 is 8.78 Å². The number of benzene rings is 1. The molecule has 0 fully saturated rings. The SMILES string of the molecule is FC1(F)CCc2c(Cl)cc(Cl)cc21. The third-order valence-corrected chi connectivity index (χ3v) is 2.80. The third kappa shape index (κ3) is 1.42. The monoisotopic (exact) mass is 222 g/mol. The average Bonchev–Trinajstić information content (AvgIpc) is 2.28. The van der Waals surface area contributed by atoms with Crippen LogP contribution in [0.5, 0.6) is 0 Å². The van der Waals surface area contributed by atoms with Crippen LogP contribution in [0.15, 0.2) is 12.1 Å². The molecule has 0 saturated carbocycles. The molecule has 0 saturated heterocycles. The Balaban J connectivity index is 2.65. The molecule has 13 heavy (non-hydrogen) atoms. The second-order valence-electron chi connectivity index (χ2n) is 3.12. The summed E-state index contributed by atoms with van der Waals surface area (Å²) >= 11 is 11.4. The van der Waals surface area contributed by atoms with Gasteiger partial charge in [-0.15, -0.1) is 0 Å². The standard InChI is InChI=1S/C9H6Cl2F2/c10-5-3-7-6(8(11)4-5)1-2-9(7,12)13/h3-4H,1-2H2. The second-order valence-corrected chi connectivity index (χ2v) is 3.96. The molecule has 0 amide bonds. The zero-order valence-corrected chi connectivity index (χ0v) is 8.09. The highest BCUT2D eigenvalue weighted by atomic mass is 35.5. The summed E-state index contributed by atoms with van der Waals surface area (Å²) < 4.78 is 26.4. The first-order valence-corrected chi connectivity index (χ1v) is 4.62. The first kappa shape index (κ1) is 9.22. The van der Waals surface area contributed by atoms with Crippen LogP contribution in [0.4, 0.5) is 8.78 Å². The fraction of sp³-hybridized carbons (Fsp3) is 0.333. The zero-order valence-electron chi connectivity index (χ0n) is 6.58. The maximum absolute atomic E-state index is 13.2. The van der Waals surface area contributed by atoms with Crippen LogP contribution < -0.4 is 0 Å². The molecule has 0 aromatic heterocycles. The lowest BCUT2D eigenvalue weighted by molar-refractivity contribution is -0.00183. The number of rotatable bonds is 0. The van der Waals surface area contributed by atoms with E-state index in [0.29, 0.717) is 17.0 Å². The smallest absolute Gasteiger partial charge is 0.201 e. The van der Waals surface area contributed by atoms with Gasteiger partial charge in [-0.25, -0.2) is 8.78 Å². The van der Waals surface area contributed by atoms with Crippen molar-refractivity contribution >= 4 is 23.2 Å². The van der Waals surface area contributed by atoms with Crippen LogP contribution in [-0.2, 0) is 12.3 Å². The Morgan fingerprint density at radius 3 is 2.62 bits per heavy atom. The summed E-state index contributed by atoms with van der Waals surface area (Å²) in [4.78, 5) is 0. The van der Waals surface area contributed by atoms with Crippen molar-refractivity contribution in [2.45, 2.75) is 18.8 Å². The summed E-state index contributed by atoms with van der Waals surface area (Å²) in [6, 6.07) is 2.80. The third-order valence-electron chi connectivity index (χ3n) is 2.24. The van der Waals surface area contributed by atoms with Crippen LogP contribution in [0.1, 0.15) is 17.5 Å². The van der Waals surface area contributed by atoms with Crippen molar-refractivity contribution in [1.82, 2.24) is 0 Å². The molecule has 1 aliphatic carbocycles.